The van der Waals surface area contributed by atoms with Gasteiger partial charge in [0.15, 0.2) is 0 Å². The van der Waals surface area contributed by atoms with E-state index in [1.807, 2.05) is 0 Å². The van der Waals surface area contributed by atoms with Gasteiger partial charge in [-0.25, -0.2) is 9.48 Å². The first-order chi connectivity index (χ1) is 9.65. The third kappa shape index (κ3) is 2.47. The summed E-state index contributed by atoms with van der Waals surface area (Å²) in [5.41, 5.74) is 1.50. The lowest BCUT2D eigenvalue weighted by atomic mass is 10.2. The molecular weight excluding hydrogens is 260 g/mol. The number of fused-ring (bicyclic) bond motifs is 1. The summed E-state index contributed by atoms with van der Waals surface area (Å²) in [6, 6.07) is 4.67. The maximum absolute atomic E-state index is 11.5. The Morgan fingerprint density at radius 3 is 2.90 bits per heavy atom. The Balaban J connectivity index is 1.71. The van der Waals surface area contributed by atoms with Crippen LogP contribution in [0.3, 0.4) is 0 Å². The fraction of sp³-hybridized carbons (Fsp3) is 0.385. The van der Waals surface area contributed by atoms with E-state index in [1.165, 1.54) is 6.07 Å². The van der Waals surface area contributed by atoms with E-state index in [-0.39, 0.29) is 17.4 Å². The number of carbonyl (C=O) groups is 2. The van der Waals surface area contributed by atoms with Crippen LogP contribution in [0, 0.1) is 5.92 Å². The lowest BCUT2D eigenvalue weighted by Crippen LogP contribution is -2.28. The number of amides is 1. The van der Waals surface area contributed by atoms with Gasteiger partial charge in [-0.3, -0.25) is 4.79 Å². The van der Waals surface area contributed by atoms with Gasteiger partial charge < -0.3 is 10.4 Å². The van der Waals surface area contributed by atoms with E-state index in [0.29, 0.717) is 24.1 Å². The normalized spacial score (nSPS) is 14.4. The average Bonchev–Trinajstić information content (AvgIpc) is 3.21. The summed E-state index contributed by atoms with van der Waals surface area (Å²) in [6.45, 7) is 0.934. The molecule has 7 nitrogen and oxygen atoms in total. The minimum Gasteiger partial charge on any atom is -0.478 e. The predicted octanol–water partition coefficient (Wildman–Crippen LogP) is 0.656. The molecule has 0 bridgehead atoms. The van der Waals surface area contributed by atoms with Crippen LogP contribution >= 0.6 is 0 Å². The Hall–Kier alpha value is -2.44. The zero-order valence-electron chi connectivity index (χ0n) is 10.7. The van der Waals surface area contributed by atoms with Crippen molar-refractivity contribution in [2.75, 3.05) is 6.54 Å². The maximum Gasteiger partial charge on any atom is 0.335 e. The molecular formula is C13H14N4O3. The first-order valence-electron chi connectivity index (χ1n) is 6.49. The quantitative estimate of drug-likeness (QED) is 0.834. The zero-order valence-corrected chi connectivity index (χ0v) is 10.7. The smallest absolute Gasteiger partial charge is 0.335 e. The molecule has 1 aromatic heterocycles. The summed E-state index contributed by atoms with van der Waals surface area (Å²) in [6.07, 6.45) is 1.94. The lowest BCUT2D eigenvalue weighted by Gasteiger charge is -2.05. The number of hydrogen-bond donors (Lipinski definition) is 2. The molecule has 0 atom stereocenters. The van der Waals surface area contributed by atoms with Crippen LogP contribution in [0.15, 0.2) is 18.2 Å². The second kappa shape index (κ2) is 4.92. The topological polar surface area (TPSA) is 97.1 Å². The number of nitrogens with zero attached hydrogens (tertiary/aromatic N) is 3. The van der Waals surface area contributed by atoms with Crippen molar-refractivity contribution >= 4 is 22.9 Å². The Labute approximate surface area is 114 Å². The van der Waals surface area contributed by atoms with E-state index < -0.39 is 5.97 Å². The average molecular weight is 274 g/mol. The van der Waals surface area contributed by atoms with Crippen molar-refractivity contribution in [3.63, 3.8) is 0 Å². The van der Waals surface area contributed by atoms with Crippen LogP contribution in [0.1, 0.15) is 23.2 Å². The van der Waals surface area contributed by atoms with Crippen molar-refractivity contribution in [3.05, 3.63) is 23.8 Å². The molecule has 0 unspecified atom stereocenters. The van der Waals surface area contributed by atoms with Crippen molar-refractivity contribution in [3.8, 4) is 0 Å². The molecule has 0 aliphatic heterocycles. The van der Waals surface area contributed by atoms with E-state index in [9.17, 15) is 9.59 Å². The van der Waals surface area contributed by atoms with E-state index in [2.05, 4.69) is 15.6 Å². The van der Waals surface area contributed by atoms with Crippen molar-refractivity contribution in [2.24, 2.45) is 5.92 Å². The summed E-state index contributed by atoms with van der Waals surface area (Å²) >= 11 is 0. The summed E-state index contributed by atoms with van der Waals surface area (Å²) in [5.74, 6) is -0.719. The highest BCUT2D eigenvalue weighted by atomic mass is 16.4. The van der Waals surface area contributed by atoms with Crippen LogP contribution in [0.2, 0.25) is 0 Å². The van der Waals surface area contributed by atoms with E-state index in [0.717, 1.165) is 12.8 Å². The Kier molecular flexibility index (Phi) is 3.09. The van der Waals surface area contributed by atoms with Gasteiger partial charge in [0, 0.05) is 12.5 Å². The number of hydrogen-bond acceptors (Lipinski definition) is 4. The summed E-state index contributed by atoms with van der Waals surface area (Å²) in [4.78, 5) is 22.5. The number of nitrogens with one attached hydrogen (secondary N) is 1. The van der Waals surface area contributed by atoms with Gasteiger partial charge >= 0.3 is 5.97 Å². The molecule has 104 valence electrons. The Morgan fingerprint density at radius 2 is 2.20 bits per heavy atom. The molecule has 1 aromatic carbocycles. The first kappa shape index (κ1) is 12.6. The van der Waals surface area contributed by atoms with Gasteiger partial charge in [0.25, 0.3) is 0 Å². The van der Waals surface area contributed by atoms with Gasteiger partial charge in [-0.05, 0) is 31.0 Å². The summed E-state index contributed by atoms with van der Waals surface area (Å²) < 4.78 is 1.61. The molecule has 3 rings (SSSR count). The molecule has 0 saturated heterocycles. The third-order valence-corrected chi connectivity index (χ3v) is 3.33. The number of rotatable bonds is 5. The standard InChI is InChI=1S/C13H14N4O3/c18-12(8-1-2-8)14-5-6-17-11-7-9(13(19)20)3-4-10(11)15-16-17/h3-4,7-8H,1-2,5-6H2,(H,14,18)(H,19,20). The molecule has 1 saturated carbocycles. The highest BCUT2D eigenvalue weighted by Gasteiger charge is 2.29. The van der Waals surface area contributed by atoms with Crippen molar-refractivity contribution in [1.82, 2.24) is 20.3 Å². The zero-order chi connectivity index (χ0) is 14.1. The van der Waals surface area contributed by atoms with Crippen molar-refractivity contribution in [2.45, 2.75) is 19.4 Å². The van der Waals surface area contributed by atoms with Crippen molar-refractivity contribution in [1.29, 1.82) is 0 Å². The van der Waals surface area contributed by atoms with Gasteiger partial charge in [0.05, 0.1) is 17.6 Å². The van der Waals surface area contributed by atoms with Crippen LogP contribution in [-0.2, 0) is 11.3 Å². The summed E-state index contributed by atoms with van der Waals surface area (Å²) in [7, 11) is 0. The third-order valence-electron chi connectivity index (χ3n) is 3.33. The monoisotopic (exact) mass is 274 g/mol. The SMILES string of the molecule is O=C(O)c1ccc2nnn(CCNC(=O)C3CC3)c2c1. The Morgan fingerprint density at radius 1 is 1.40 bits per heavy atom. The Bertz CT molecular complexity index is 675. The number of aromatic nitrogens is 3. The summed E-state index contributed by atoms with van der Waals surface area (Å²) in [5, 5.41) is 19.8. The number of carboxylic acid groups (broad SMARTS) is 1. The van der Waals surface area contributed by atoms with Crippen LogP contribution < -0.4 is 5.32 Å². The van der Waals surface area contributed by atoms with Crippen LogP contribution in [0.25, 0.3) is 11.0 Å². The number of carbonyl (C=O) groups excluding carboxylic acids is 1. The molecule has 7 heteroatoms. The molecule has 20 heavy (non-hydrogen) atoms. The van der Waals surface area contributed by atoms with Crippen LogP contribution in [0.4, 0.5) is 0 Å². The number of aromatic carboxylic acids is 1. The molecule has 0 spiro atoms. The van der Waals surface area contributed by atoms with E-state index >= 15 is 0 Å². The number of carboxylic acids is 1. The van der Waals surface area contributed by atoms with Crippen molar-refractivity contribution < 1.29 is 14.7 Å². The second-order valence-electron chi connectivity index (χ2n) is 4.89. The predicted molar refractivity (Wildman–Crippen MR) is 70.2 cm³/mol. The fourth-order valence-corrected chi connectivity index (χ4v) is 2.04. The van der Waals surface area contributed by atoms with Crippen LogP contribution in [-0.4, -0.2) is 38.5 Å². The van der Waals surface area contributed by atoms with Gasteiger partial charge in [-0.2, -0.15) is 0 Å². The van der Waals surface area contributed by atoms with E-state index in [4.69, 9.17) is 5.11 Å². The number of benzene rings is 1. The molecule has 1 aliphatic rings. The van der Waals surface area contributed by atoms with Gasteiger partial charge in [0.2, 0.25) is 5.91 Å². The molecule has 2 N–H and O–H groups in total. The lowest BCUT2D eigenvalue weighted by molar-refractivity contribution is -0.122. The molecule has 1 amide bonds. The highest BCUT2D eigenvalue weighted by Crippen LogP contribution is 2.28. The minimum atomic E-state index is -0.985. The van der Waals surface area contributed by atoms with Gasteiger partial charge in [-0.1, -0.05) is 5.21 Å². The molecule has 1 heterocycles. The van der Waals surface area contributed by atoms with E-state index in [1.54, 1.807) is 16.8 Å². The van der Waals surface area contributed by atoms with Gasteiger partial charge in [-0.15, -0.1) is 5.10 Å². The highest BCUT2D eigenvalue weighted by molar-refractivity contribution is 5.92. The molecule has 1 aliphatic carbocycles. The van der Waals surface area contributed by atoms with Crippen LogP contribution in [0.5, 0.6) is 0 Å². The largest absolute Gasteiger partial charge is 0.478 e. The minimum absolute atomic E-state index is 0.0839. The molecule has 2 aromatic rings. The maximum atomic E-state index is 11.5. The van der Waals surface area contributed by atoms with Gasteiger partial charge in [0.1, 0.15) is 5.52 Å². The molecule has 0 radical (unpaired) electrons. The first-order valence-corrected chi connectivity index (χ1v) is 6.49. The fourth-order valence-electron chi connectivity index (χ4n) is 2.04. The molecule has 1 fully saturated rings. The second-order valence-corrected chi connectivity index (χ2v) is 4.89.